The molecule has 0 saturated heterocycles. The Kier molecular flexibility index (Phi) is 1.97. The highest BCUT2D eigenvalue weighted by molar-refractivity contribution is 5.85. The highest BCUT2D eigenvalue weighted by atomic mass is 35.5. The molecule has 2 atom stereocenters. The van der Waals surface area contributed by atoms with Crippen molar-refractivity contribution in [2.45, 2.75) is 19.3 Å². The van der Waals surface area contributed by atoms with E-state index in [1.807, 2.05) is 6.08 Å². The third-order valence-corrected chi connectivity index (χ3v) is 2.70. The minimum Gasteiger partial charge on any atom is -0.481 e. The summed E-state index contributed by atoms with van der Waals surface area (Å²) in [7, 11) is 0. The van der Waals surface area contributed by atoms with Crippen molar-refractivity contribution in [1.82, 2.24) is 0 Å². The number of carboxylic acid groups (broad SMARTS) is 1. The predicted octanol–water partition coefficient (Wildman–Crippen LogP) is 1.85. The van der Waals surface area contributed by atoms with Crippen LogP contribution in [0.3, 0.4) is 0 Å². The van der Waals surface area contributed by atoms with Crippen LogP contribution in [-0.4, -0.2) is 11.1 Å². The summed E-state index contributed by atoms with van der Waals surface area (Å²) in [5, 5.41) is 8.84. The molecule has 0 aromatic rings. The Hall–Kier alpha value is -0.500. The highest BCUT2D eigenvalue weighted by Crippen LogP contribution is 2.49. The number of carboxylic acids is 1. The molecule has 2 rings (SSSR count). The first-order valence-electron chi connectivity index (χ1n) is 3.66. The van der Waals surface area contributed by atoms with Gasteiger partial charge in [0.2, 0.25) is 0 Å². The van der Waals surface area contributed by atoms with Crippen molar-refractivity contribution < 1.29 is 9.90 Å². The molecule has 2 nitrogen and oxygen atoms in total. The van der Waals surface area contributed by atoms with Gasteiger partial charge >= 0.3 is 5.97 Å². The van der Waals surface area contributed by atoms with Gasteiger partial charge in [0.05, 0.1) is 5.41 Å². The molecule has 2 unspecified atom stereocenters. The van der Waals surface area contributed by atoms with E-state index in [0.29, 0.717) is 5.92 Å². The topological polar surface area (TPSA) is 37.3 Å². The van der Waals surface area contributed by atoms with Crippen LogP contribution in [0.25, 0.3) is 0 Å². The Balaban J connectivity index is 0.000000605. The first-order chi connectivity index (χ1) is 4.73. The van der Waals surface area contributed by atoms with Crippen LogP contribution in [0.2, 0.25) is 0 Å². The fourth-order valence-corrected chi connectivity index (χ4v) is 2.02. The molecule has 2 bridgehead atoms. The molecule has 2 aliphatic carbocycles. The number of aliphatic carboxylic acids is 1. The van der Waals surface area contributed by atoms with E-state index in [4.69, 9.17) is 5.11 Å². The second-order valence-corrected chi connectivity index (χ2v) is 3.32. The molecular weight excluding hydrogens is 164 g/mol. The number of fused-ring (bicyclic) bond motifs is 2. The molecule has 11 heavy (non-hydrogen) atoms. The Labute approximate surface area is 71.7 Å². The molecule has 0 spiro atoms. The standard InChI is InChI=1S/C8H10O2.ClH/c9-7(10)8-3-1-6(5-8)2-4-8;/h1,3,6H,2,4-5H2,(H,9,10);1H. The molecule has 1 saturated carbocycles. The Bertz CT molecular complexity index is 212. The molecular formula is C8H11ClO2. The number of halogens is 1. The summed E-state index contributed by atoms with van der Waals surface area (Å²) in [5.74, 6) is -0.0696. The Morgan fingerprint density at radius 3 is 2.55 bits per heavy atom. The van der Waals surface area contributed by atoms with E-state index < -0.39 is 11.4 Å². The Morgan fingerprint density at radius 2 is 2.36 bits per heavy atom. The number of rotatable bonds is 1. The zero-order valence-corrected chi connectivity index (χ0v) is 6.93. The molecule has 62 valence electrons. The summed E-state index contributed by atoms with van der Waals surface area (Å²) < 4.78 is 0. The second-order valence-electron chi connectivity index (χ2n) is 3.32. The van der Waals surface area contributed by atoms with Gasteiger partial charge in [-0.1, -0.05) is 12.2 Å². The first-order valence-corrected chi connectivity index (χ1v) is 3.66. The molecule has 1 fully saturated rings. The average Bonchev–Trinajstić information content (AvgIpc) is 2.45. The third kappa shape index (κ3) is 1.06. The lowest BCUT2D eigenvalue weighted by Gasteiger charge is -2.15. The summed E-state index contributed by atoms with van der Waals surface area (Å²) in [5.41, 5.74) is -0.454. The van der Waals surface area contributed by atoms with Gasteiger partial charge in [0.1, 0.15) is 0 Å². The molecule has 1 N–H and O–H groups in total. The van der Waals surface area contributed by atoms with Crippen molar-refractivity contribution in [2.75, 3.05) is 0 Å². The summed E-state index contributed by atoms with van der Waals surface area (Å²) in [6, 6.07) is 0. The third-order valence-electron chi connectivity index (χ3n) is 2.70. The SMILES string of the molecule is Cl.O=C(O)C12C=CC(CC1)C2. The van der Waals surface area contributed by atoms with Crippen LogP contribution in [0.4, 0.5) is 0 Å². The summed E-state index contributed by atoms with van der Waals surface area (Å²) >= 11 is 0. The summed E-state index contributed by atoms with van der Waals surface area (Å²) in [4.78, 5) is 10.7. The van der Waals surface area contributed by atoms with Gasteiger partial charge in [-0.05, 0) is 25.2 Å². The van der Waals surface area contributed by atoms with Gasteiger partial charge in [0.15, 0.2) is 0 Å². The van der Waals surface area contributed by atoms with Crippen molar-refractivity contribution in [3.63, 3.8) is 0 Å². The van der Waals surface area contributed by atoms with E-state index >= 15 is 0 Å². The molecule has 0 radical (unpaired) electrons. The van der Waals surface area contributed by atoms with Crippen LogP contribution < -0.4 is 0 Å². The van der Waals surface area contributed by atoms with Gasteiger partial charge in [-0.15, -0.1) is 12.4 Å². The molecule has 0 heterocycles. The summed E-state index contributed by atoms with van der Waals surface area (Å²) in [6.45, 7) is 0. The van der Waals surface area contributed by atoms with E-state index in [2.05, 4.69) is 6.08 Å². The lowest BCUT2D eigenvalue weighted by atomic mass is 9.88. The highest BCUT2D eigenvalue weighted by Gasteiger charge is 2.46. The van der Waals surface area contributed by atoms with E-state index in [9.17, 15) is 4.79 Å². The van der Waals surface area contributed by atoms with E-state index in [1.54, 1.807) is 0 Å². The molecule has 3 heteroatoms. The van der Waals surface area contributed by atoms with E-state index in [1.165, 1.54) is 0 Å². The van der Waals surface area contributed by atoms with E-state index in [-0.39, 0.29) is 12.4 Å². The number of allylic oxidation sites excluding steroid dienone is 1. The fraction of sp³-hybridized carbons (Fsp3) is 0.625. The van der Waals surface area contributed by atoms with Crippen molar-refractivity contribution in [1.29, 1.82) is 0 Å². The minimum atomic E-state index is -0.635. The van der Waals surface area contributed by atoms with Gasteiger partial charge in [0.25, 0.3) is 0 Å². The average molecular weight is 175 g/mol. The number of hydrogen-bond acceptors (Lipinski definition) is 1. The van der Waals surface area contributed by atoms with Crippen LogP contribution in [0.15, 0.2) is 12.2 Å². The molecule has 0 aromatic heterocycles. The number of hydrogen-bond donors (Lipinski definition) is 1. The molecule has 0 aromatic carbocycles. The molecule has 2 aliphatic rings. The number of carbonyl (C=O) groups is 1. The minimum absolute atomic E-state index is 0. The fourth-order valence-electron chi connectivity index (χ4n) is 2.02. The smallest absolute Gasteiger partial charge is 0.313 e. The van der Waals surface area contributed by atoms with Crippen LogP contribution in [0, 0.1) is 11.3 Å². The normalized spacial score (nSPS) is 38.7. The van der Waals surface area contributed by atoms with Crippen LogP contribution >= 0.6 is 12.4 Å². The second kappa shape index (κ2) is 2.52. The van der Waals surface area contributed by atoms with Crippen molar-refractivity contribution in [3.8, 4) is 0 Å². The van der Waals surface area contributed by atoms with Crippen molar-refractivity contribution in [2.24, 2.45) is 11.3 Å². The maximum Gasteiger partial charge on any atom is 0.313 e. The lowest BCUT2D eigenvalue weighted by molar-refractivity contribution is -0.145. The van der Waals surface area contributed by atoms with Crippen LogP contribution in [-0.2, 0) is 4.79 Å². The Morgan fingerprint density at radius 1 is 1.64 bits per heavy atom. The van der Waals surface area contributed by atoms with Gasteiger partial charge < -0.3 is 5.11 Å². The lowest BCUT2D eigenvalue weighted by Crippen LogP contribution is -2.23. The van der Waals surface area contributed by atoms with Crippen LogP contribution in [0.5, 0.6) is 0 Å². The van der Waals surface area contributed by atoms with Gasteiger partial charge in [-0.3, -0.25) is 4.79 Å². The predicted molar refractivity (Wildman–Crippen MR) is 43.8 cm³/mol. The quantitative estimate of drug-likeness (QED) is 0.616. The van der Waals surface area contributed by atoms with Crippen molar-refractivity contribution >= 4 is 18.4 Å². The largest absolute Gasteiger partial charge is 0.481 e. The molecule has 0 amide bonds. The van der Waals surface area contributed by atoms with Gasteiger partial charge in [0, 0.05) is 0 Å². The van der Waals surface area contributed by atoms with E-state index in [0.717, 1.165) is 19.3 Å². The maximum atomic E-state index is 10.7. The van der Waals surface area contributed by atoms with Gasteiger partial charge in [-0.2, -0.15) is 0 Å². The maximum absolute atomic E-state index is 10.7. The monoisotopic (exact) mass is 174 g/mol. The van der Waals surface area contributed by atoms with Crippen molar-refractivity contribution in [3.05, 3.63) is 12.2 Å². The first kappa shape index (κ1) is 8.60. The zero-order valence-electron chi connectivity index (χ0n) is 6.12. The zero-order chi connectivity index (χ0) is 7.19. The molecule has 0 aliphatic heterocycles. The van der Waals surface area contributed by atoms with Crippen LogP contribution in [0.1, 0.15) is 19.3 Å². The summed E-state index contributed by atoms with van der Waals surface area (Å²) in [6.07, 6.45) is 6.70. The van der Waals surface area contributed by atoms with Gasteiger partial charge in [-0.25, -0.2) is 0 Å².